The smallest absolute Gasteiger partial charge is 0.111 e. The van der Waals surface area contributed by atoms with Gasteiger partial charge in [-0.05, 0) is 47.8 Å². The lowest BCUT2D eigenvalue weighted by Gasteiger charge is -2.16. The molecule has 20 heavy (non-hydrogen) atoms. The highest BCUT2D eigenvalue weighted by atomic mass is 16.3. The molecule has 2 heteroatoms. The maximum atomic E-state index is 9.39. The van der Waals surface area contributed by atoms with Gasteiger partial charge in [-0.1, -0.05) is 36.4 Å². The van der Waals surface area contributed by atoms with Crippen LogP contribution in [0.5, 0.6) is 0 Å². The summed E-state index contributed by atoms with van der Waals surface area (Å²) < 4.78 is 0. The minimum atomic E-state index is 0.351. The molecule has 0 bridgehead atoms. The van der Waals surface area contributed by atoms with E-state index in [1.165, 1.54) is 16.7 Å². The largest absolute Gasteiger partial charge is 0.512 e. The van der Waals surface area contributed by atoms with Crippen LogP contribution in [0, 0.1) is 0 Å². The number of rotatable bonds is 2. The highest BCUT2D eigenvalue weighted by Crippen LogP contribution is 2.30. The summed E-state index contributed by atoms with van der Waals surface area (Å²) in [5, 5.41) is 18.7. The van der Waals surface area contributed by atoms with Crippen molar-refractivity contribution in [2.75, 3.05) is 0 Å². The van der Waals surface area contributed by atoms with E-state index in [1.54, 1.807) is 12.2 Å². The predicted octanol–water partition coefficient (Wildman–Crippen LogP) is 4.79. The SMILES string of the molecule is OC1=CCC(c2ccc(C3=CC=C(O)CC3)cc2)C=C1. The second-order valence-electron chi connectivity index (χ2n) is 5.30. The second kappa shape index (κ2) is 5.41. The Morgan fingerprint density at radius 3 is 2.35 bits per heavy atom. The van der Waals surface area contributed by atoms with Crippen molar-refractivity contribution < 1.29 is 10.2 Å². The van der Waals surface area contributed by atoms with Crippen LogP contribution in [0.4, 0.5) is 0 Å². The number of aliphatic hydroxyl groups excluding tert-OH is 2. The van der Waals surface area contributed by atoms with Crippen LogP contribution in [-0.2, 0) is 0 Å². The molecule has 0 heterocycles. The third-order valence-corrected chi connectivity index (χ3v) is 3.92. The van der Waals surface area contributed by atoms with Crippen LogP contribution in [-0.4, -0.2) is 10.2 Å². The van der Waals surface area contributed by atoms with Crippen LogP contribution in [0.3, 0.4) is 0 Å². The Bertz CT molecular complexity index is 615. The van der Waals surface area contributed by atoms with Gasteiger partial charge in [0, 0.05) is 12.3 Å². The van der Waals surface area contributed by atoms with Crippen LogP contribution in [0.15, 0.2) is 66.2 Å². The standard InChI is InChI=1S/C18H18O2/c19-17-9-5-15(6-10-17)13-1-2-14(4-3-13)16-7-11-18(20)12-8-16/h1-5,7,9-11,15,19-20H,6,8,12H2. The summed E-state index contributed by atoms with van der Waals surface area (Å²) in [5.74, 6) is 1.17. The van der Waals surface area contributed by atoms with E-state index in [2.05, 4.69) is 24.3 Å². The Balaban J connectivity index is 1.77. The van der Waals surface area contributed by atoms with Crippen LogP contribution in [0.2, 0.25) is 0 Å². The quantitative estimate of drug-likeness (QED) is 0.807. The van der Waals surface area contributed by atoms with Crippen molar-refractivity contribution >= 4 is 5.57 Å². The molecule has 3 rings (SSSR count). The predicted molar refractivity (Wildman–Crippen MR) is 81.6 cm³/mol. The number of hydrogen-bond donors (Lipinski definition) is 2. The highest BCUT2D eigenvalue weighted by Gasteiger charge is 2.12. The Morgan fingerprint density at radius 2 is 1.75 bits per heavy atom. The zero-order valence-corrected chi connectivity index (χ0v) is 11.3. The van der Waals surface area contributed by atoms with Gasteiger partial charge in [0.25, 0.3) is 0 Å². The van der Waals surface area contributed by atoms with Gasteiger partial charge in [0.2, 0.25) is 0 Å². The third-order valence-electron chi connectivity index (χ3n) is 3.92. The Labute approximate surface area is 119 Å². The van der Waals surface area contributed by atoms with E-state index in [0.29, 0.717) is 17.4 Å². The van der Waals surface area contributed by atoms with E-state index >= 15 is 0 Å². The fourth-order valence-electron chi connectivity index (χ4n) is 2.67. The van der Waals surface area contributed by atoms with Crippen molar-refractivity contribution in [2.45, 2.75) is 25.2 Å². The van der Waals surface area contributed by atoms with Gasteiger partial charge < -0.3 is 10.2 Å². The summed E-state index contributed by atoms with van der Waals surface area (Å²) >= 11 is 0. The lowest BCUT2D eigenvalue weighted by atomic mass is 9.89. The van der Waals surface area contributed by atoms with E-state index in [1.807, 2.05) is 18.2 Å². The summed E-state index contributed by atoms with van der Waals surface area (Å²) in [7, 11) is 0. The van der Waals surface area contributed by atoms with E-state index in [9.17, 15) is 10.2 Å². The zero-order valence-electron chi connectivity index (χ0n) is 11.3. The molecule has 1 unspecified atom stereocenters. The molecule has 1 aromatic carbocycles. The molecule has 2 N–H and O–H groups in total. The average Bonchev–Trinajstić information content (AvgIpc) is 2.49. The molecule has 0 fully saturated rings. The van der Waals surface area contributed by atoms with Crippen LogP contribution in [0.25, 0.3) is 5.57 Å². The molecule has 1 aromatic rings. The van der Waals surface area contributed by atoms with Crippen molar-refractivity contribution in [3.8, 4) is 0 Å². The first-order chi connectivity index (χ1) is 9.72. The minimum absolute atomic E-state index is 0.351. The van der Waals surface area contributed by atoms with Crippen molar-refractivity contribution in [2.24, 2.45) is 0 Å². The molecular weight excluding hydrogens is 248 g/mol. The maximum Gasteiger partial charge on any atom is 0.111 e. The van der Waals surface area contributed by atoms with E-state index < -0.39 is 0 Å². The first-order valence-corrected chi connectivity index (χ1v) is 6.99. The third kappa shape index (κ3) is 2.69. The molecular formula is C18H18O2. The van der Waals surface area contributed by atoms with E-state index in [4.69, 9.17) is 0 Å². The molecule has 0 radical (unpaired) electrons. The number of benzene rings is 1. The van der Waals surface area contributed by atoms with Crippen LogP contribution in [0.1, 0.15) is 36.3 Å². The van der Waals surface area contributed by atoms with Crippen LogP contribution < -0.4 is 0 Å². The van der Waals surface area contributed by atoms with Crippen molar-refractivity contribution in [3.63, 3.8) is 0 Å². The first kappa shape index (κ1) is 12.8. The molecule has 0 aromatic heterocycles. The van der Waals surface area contributed by atoms with Gasteiger partial charge in [-0.3, -0.25) is 0 Å². The summed E-state index contributed by atoms with van der Waals surface area (Å²) in [6, 6.07) is 8.59. The van der Waals surface area contributed by atoms with Gasteiger partial charge in [-0.15, -0.1) is 0 Å². The fraction of sp³-hybridized carbons (Fsp3) is 0.222. The molecule has 102 valence electrons. The fourth-order valence-corrected chi connectivity index (χ4v) is 2.67. The topological polar surface area (TPSA) is 40.5 Å². The van der Waals surface area contributed by atoms with Gasteiger partial charge in [-0.2, -0.15) is 0 Å². The van der Waals surface area contributed by atoms with E-state index in [0.717, 1.165) is 19.3 Å². The van der Waals surface area contributed by atoms with Crippen molar-refractivity contribution in [3.05, 3.63) is 77.3 Å². The molecule has 0 saturated carbocycles. The Morgan fingerprint density at radius 1 is 0.950 bits per heavy atom. The maximum absolute atomic E-state index is 9.39. The average molecular weight is 266 g/mol. The normalized spacial score (nSPS) is 22.0. The lowest BCUT2D eigenvalue weighted by molar-refractivity contribution is 0.388. The molecule has 2 aliphatic rings. The summed E-state index contributed by atoms with van der Waals surface area (Å²) in [6.45, 7) is 0. The molecule has 2 nitrogen and oxygen atoms in total. The number of aliphatic hydroxyl groups is 2. The summed E-state index contributed by atoms with van der Waals surface area (Å²) in [6.07, 6.45) is 11.9. The highest BCUT2D eigenvalue weighted by molar-refractivity contribution is 5.68. The summed E-state index contributed by atoms with van der Waals surface area (Å²) in [5.41, 5.74) is 3.75. The van der Waals surface area contributed by atoms with Gasteiger partial charge in [0.15, 0.2) is 0 Å². The monoisotopic (exact) mass is 266 g/mol. The van der Waals surface area contributed by atoms with Crippen LogP contribution >= 0.6 is 0 Å². The lowest BCUT2D eigenvalue weighted by Crippen LogP contribution is -1.99. The molecule has 1 atom stereocenters. The second-order valence-corrected chi connectivity index (χ2v) is 5.30. The van der Waals surface area contributed by atoms with Gasteiger partial charge in [0.1, 0.15) is 5.76 Å². The Hall–Kier alpha value is -2.22. The molecule has 2 aliphatic carbocycles. The first-order valence-electron chi connectivity index (χ1n) is 6.99. The summed E-state index contributed by atoms with van der Waals surface area (Å²) in [4.78, 5) is 0. The Kier molecular flexibility index (Phi) is 3.46. The molecule has 0 amide bonds. The van der Waals surface area contributed by atoms with E-state index in [-0.39, 0.29) is 0 Å². The molecule has 0 aliphatic heterocycles. The van der Waals surface area contributed by atoms with Gasteiger partial charge >= 0.3 is 0 Å². The van der Waals surface area contributed by atoms with Crippen molar-refractivity contribution in [1.29, 1.82) is 0 Å². The van der Waals surface area contributed by atoms with Gasteiger partial charge in [0.05, 0.1) is 5.76 Å². The van der Waals surface area contributed by atoms with Gasteiger partial charge in [-0.25, -0.2) is 0 Å². The van der Waals surface area contributed by atoms with Crippen molar-refractivity contribution in [1.82, 2.24) is 0 Å². The molecule has 0 saturated heterocycles. The zero-order chi connectivity index (χ0) is 13.9. The minimum Gasteiger partial charge on any atom is -0.512 e. The number of hydrogen-bond acceptors (Lipinski definition) is 2. The number of allylic oxidation sites excluding steroid dienone is 7. The molecule has 0 spiro atoms.